The molecule has 0 bridgehead atoms. The maximum atomic E-state index is 13.7. The average Bonchev–Trinajstić information content (AvgIpc) is 2.68. The average molecular weight is 337 g/mol. The van der Waals surface area contributed by atoms with Crippen molar-refractivity contribution in [3.63, 3.8) is 0 Å². The lowest BCUT2D eigenvalue weighted by Gasteiger charge is -2.05. The zero-order valence-corrected chi connectivity index (χ0v) is 12.3. The molecule has 0 fully saturated rings. The molecule has 0 saturated carbocycles. The van der Waals surface area contributed by atoms with Crippen molar-refractivity contribution in [3.05, 3.63) is 63.1 Å². The standard InChI is InChI=1S/C14H10BrFN2S/c15-10-6-12-13(7-11(10)16)18(14(19)17-12)8-9-4-2-1-3-5-9/h1-7H,8H2,(H,17,19). The molecule has 0 atom stereocenters. The highest BCUT2D eigenvalue weighted by Gasteiger charge is 2.09. The molecule has 2 nitrogen and oxygen atoms in total. The van der Waals surface area contributed by atoms with Gasteiger partial charge < -0.3 is 9.55 Å². The van der Waals surface area contributed by atoms with Crippen molar-refractivity contribution >= 4 is 39.2 Å². The lowest BCUT2D eigenvalue weighted by molar-refractivity contribution is 0.622. The number of imidazole rings is 1. The Kier molecular flexibility index (Phi) is 3.24. The summed E-state index contributed by atoms with van der Waals surface area (Å²) in [7, 11) is 0. The SMILES string of the molecule is Fc1cc2c(cc1Br)[nH]c(=S)n2Cc1ccccc1. The number of H-pyrrole nitrogens is 1. The highest BCUT2D eigenvalue weighted by Crippen LogP contribution is 2.23. The number of nitrogens with one attached hydrogen (secondary N) is 1. The van der Waals surface area contributed by atoms with Crippen LogP contribution in [0.5, 0.6) is 0 Å². The van der Waals surface area contributed by atoms with Gasteiger partial charge >= 0.3 is 0 Å². The second-order valence-corrected chi connectivity index (χ2v) is 5.53. The summed E-state index contributed by atoms with van der Waals surface area (Å²) in [6.45, 7) is 0.626. The van der Waals surface area contributed by atoms with E-state index >= 15 is 0 Å². The second kappa shape index (κ2) is 4.90. The summed E-state index contributed by atoms with van der Waals surface area (Å²) in [5, 5.41) is 0. The highest BCUT2D eigenvalue weighted by atomic mass is 79.9. The molecule has 19 heavy (non-hydrogen) atoms. The third-order valence-corrected chi connectivity index (χ3v) is 3.93. The molecule has 1 aromatic heterocycles. The fourth-order valence-electron chi connectivity index (χ4n) is 2.07. The molecule has 0 aliphatic rings. The number of hydrogen-bond acceptors (Lipinski definition) is 1. The lowest BCUT2D eigenvalue weighted by atomic mass is 10.2. The van der Waals surface area contributed by atoms with E-state index in [9.17, 15) is 4.39 Å². The van der Waals surface area contributed by atoms with Crippen LogP contribution in [-0.4, -0.2) is 9.55 Å². The van der Waals surface area contributed by atoms with Gasteiger partial charge in [0.15, 0.2) is 4.77 Å². The minimum Gasteiger partial charge on any atom is -0.331 e. The monoisotopic (exact) mass is 336 g/mol. The summed E-state index contributed by atoms with van der Waals surface area (Å²) in [6, 6.07) is 13.2. The summed E-state index contributed by atoms with van der Waals surface area (Å²) in [4.78, 5) is 3.10. The molecule has 0 aliphatic heterocycles. The number of hydrogen-bond donors (Lipinski definition) is 1. The Morgan fingerprint density at radius 1 is 1.21 bits per heavy atom. The molecule has 0 radical (unpaired) electrons. The van der Waals surface area contributed by atoms with Crippen LogP contribution in [0.3, 0.4) is 0 Å². The van der Waals surface area contributed by atoms with Gasteiger partial charge in [0.1, 0.15) is 5.82 Å². The molecule has 2 aromatic carbocycles. The van der Waals surface area contributed by atoms with Crippen LogP contribution in [-0.2, 0) is 6.54 Å². The first-order valence-corrected chi connectivity index (χ1v) is 6.97. The summed E-state index contributed by atoms with van der Waals surface area (Å²) in [6.07, 6.45) is 0. The van der Waals surface area contributed by atoms with Crippen LogP contribution in [0.15, 0.2) is 46.9 Å². The van der Waals surface area contributed by atoms with Crippen molar-refractivity contribution in [1.82, 2.24) is 9.55 Å². The Morgan fingerprint density at radius 2 is 1.95 bits per heavy atom. The quantitative estimate of drug-likeness (QED) is 0.675. The molecule has 3 aromatic rings. The fraction of sp³-hybridized carbons (Fsp3) is 0.0714. The van der Waals surface area contributed by atoms with Crippen LogP contribution in [0.4, 0.5) is 4.39 Å². The zero-order valence-electron chi connectivity index (χ0n) is 9.86. The van der Waals surface area contributed by atoms with E-state index in [1.807, 2.05) is 34.9 Å². The van der Waals surface area contributed by atoms with Gasteiger partial charge in [0.05, 0.1) is 22.1 Å². The number of benzene rings is 2. The normalized spacial score (nSPS) is 11.1. The summed E-state index contributed by atoms with van der Waals surface area (Å²) in [5.41, 5.74) is 2.73. The van der Waals surface area contributed by atoms with Gasteiger partial charge in [-0.1, -0.05) is 30.3 Å². The molecular formula is C14H10BrFN2S. The molecule has 5 heteroatoms. The van der Waals surface area contributed by atoms with Crippen LogP contribution in [0.25, 0.3) is 11.0 Å². The van der Waals surface area contributed by atoms with E-state index < -0.39 is 0 Å². The van der Waals surface area contributed by atoms with Crippen LogP contribution in [0.1, 0.15) is 5.56 Å². The predicted molar refractivity (Wildman–Crippen MR) is 80.3 cm³/mol. The Hall–Kier alpha value is -1.46. The third-order valence-electron chi connectivity index (χ3n) is 3.00. The third kappa shape index (κ3) is 2.35. The largest absolute Gasteiger partial charge is 0.331 e. The van der Waals surface area contributed by atoms with Gasteiger partial charge in [0.25, 0.3) is 0 Å². The molecule has 0 unspecified atom stereocenters. The van der Waals surface area contributed by atoms with Crippen LogP contribution >= 0.6 is 28.1 Å². The number of fused-ring (bicyclic) bond motifs is 1. The summed E-state index contributed by atoms with van der Waals surface area (Å²) >= 11 is 8.49. The Labute approximate surface area is 123 Å². The van der Waals surface area contributed by atoms with E-state index in [0.717, 1.165) is 16.6 Å². The Morgan fingerprint density at radius 3 is 2.68 bits per heavy atom. The number of aromatic amines is 1. The molecule has 1 heterocycles. The molecular weight excluding hydrogens is 327 g/mol. The molecule has 1 N–H and O–H groups in total. The first-order chi connectivity index (χ1) is 9.15. The van der Waals surface area contributed by atoms with Gasteiger partial charge in [-0.05, 0) is 39.8 Å². The maximum absolute atomic E-state index is 13.7. The Bertz CT molecular complexity index is 792. The molecule has 0 aliphatic carbocycles. The van der Waals surface area contributed by atoms with E-state index in [4.69, 9.17) is 12.2 Å². The molecule has 0 saturated heterocycles. The van der Waals surface area contributed by atoms with Crippen molar-refractivity contribution in [3.8, 4) is 0 Å². The first kappa shape index (κ1) is 12.6. The second-order valence-electron chi connectivity index (χ2n) is 4.29. The van der Waals surface area contributed by atoms with Crippen molar-refractivity contribution < 1.29 is 4.39 Å². The van der Waals surface area contributed by atoms with Gasteiger partial charge in [-0.15, -0.1) is 0 Å². The number of nitrogens with zero attached hydrogens (tertiary/aromatic N) is 1. The van der Waals surface area contributed by atoms with E-state index in [0.29, 0.717) is 15.8 Å². The fourth-order valence-corrected chi connectivity index (χ4v) is 2.69. The number of rotatable bonds is 2. The lowest BCUT2D eigenvalue weighted by Crippen LogP contribution is -1.99. The van der Waals surface area contributed by atoms with Crippen molar-refractivity contribution in [2.45, 2.75) is 6.54 Å². The van der Waals surface area contributed by atoms with E-state index in [1.54, 1.807) is 6.07 Å². The van der Waals surface area contributed by atoms with Crippen molar-refractivity contribution in [2.24, 2.45) is 0 Å². The summed E-state index contributed by atoms with van der Waals surface area (Å²) < 4.78 is 16.6. The first-order valence-electron chi connectivity index (χ1n) is 5.76. The topological polar surface area (TPSA) is 20.7 Å². The smallest absolute Gasteiger partial charge is 0.178 e. The van der Waals surface area contributed by atoms with Gasteiger partial charge in [0.2, 0.25) is 0 Å². The van der Waals surface area contributed by atoms with Gasteiger partial charge in [-0.25, -0.2) is 4.39 Å². The Balaban J connectivity index is 2.16. The zero-order chi connectivity index (χ0) is 13.4. The summed E-state index contributed by atoms with van der Waals surface area (Å²) in [5.74, 6) is -0.289. The number of aromatic nitrogens is 2. The molecule has 0 spiro atoms. The molecule has 3 rings (SSSR count). The highest BCUT2D eigenvalue weighted by molar-refractivity contribution is 9.10. The van der Waals surface area contributed by atoms with E-state index in [-0.39, 0.29) is 5.82 Å². The minimum atomic E-state index is -0.289. The predicted octanol–water partition coefficient (Wildman–Crippen LogP) is 4.65. The van der Waals surface area contributed by atoms with Gasteiger partial charge in [-0.2, -0.15) is 0 Å². The molecule has 96 valence electrons. The van der Waals surface area contributed by atoms with Crippen LogP contribution < -0.4 is 0 Å². The molecule has 0 amide bonds. The van der Waals surface area contributed by atoms with Crippen molar-refractivity contribution in [1.29, 1.82) is 0 Å². The van der Waals surface area contributed by atoms with Gasteiger partial charge in [0, 0.05) is 6.07 Å². The van der Waals surface area contributed by atoms with Crippen LogP contribution in [0.2, 0.25) is 0 Å². The van der Waals surface area contributed by atoms with Crippen molar-refractivity contribution in [2.75, 3.05) is 0 Å². The van der Waals surface area contributed by atoms with E-state index in [1.165, 1.54) is 6.07 Å². The maximum Gasteiger partial charge on any atom is 0.178 e. The van der Waals surface area contributed by atoms with Crippen LogP contribution in [0, 0.1) is 10.6 Å². The van der Waals surface area contributed by atoms with Gasteiger partial charge in [-0.3, -0.25) is 0 Å². The number of halogens is 2. The van der Waals surface area contributed by atoms with E-state index in [2.05, 4.69) is 20.9 Å². The minimum absolute atomic E-state index is 0.289.